The van der Waals surface area contributed by atoms with Crippen LogP contribution in [0.2, 0.25) is 0 Å². The average molecular weight is 239 g/mol. The molecule has 17 heavy (non-hydrogen) atoms. The second-order valence-electron chi connectivity index (χ2n) is 4.94. The van der Waals surface area contributed by atoms with Crippen LogP contribution in [-0.4, -0.2) is 29.8 Å². The van der Waals surface area contributed by atoms with Crippen LogP contribution in [0.4, 0.5) is 0 Å². The van der Waals surface area contributed by atoms with Crippen LogP contribution < -0.4 is 5.32 Å². The first kappa shape index (κ1) is 12.5. The van der Waals surface area contributed by atoms with E-state index in [2.05, 4.69) is 29.3 Å². The first-order chi connectivity index (χ1) is 8.20. The zero-order valence-electron chi connectivity index (χ0n) is 10.8. The molecule has 0 bridgehead atoms. The highest BCUT2D eigenvalue weighted by atomic mass is 16.5. The molecule has 0 saturated carbocycles. The van der Waals surface area contributed by atoms with Crippen LogP contribution in [-0.2, 0) is 11.2 Å². The van der Waals surface area contributed by atoms with Crippen molar-refractivity contribution in [3.05, 3.63) is 11.7 Å². The van der Waals surface area contributed by atoms with E-state index >= 15 is 0 Å². The molecular weight excluding hydrogens is 218 g/mol. The molecule has 2 rings (SSSR count). The third-order valence-electron chi connectivity index (χ3n) is 3.18. The van der Waals surface area contributed by atoms with Gasteiger partial charge in [-0.3, -0.25) is 0 Å². The fourth-order valence-electron chi connectivity index (χ4n) is 2.28. The van der Waals surface area contributed by atoms with E-state index in [1.807, 2.05) is 0 Å². The van der Waals surface area contributed by atoms with Gasteiger partial charge in [-0.15, -0.1) is 0 Å². The highest BCUT2D eigenvalue weighted by Gasteiger charge is 2.23. The van der Waals surface area contributed by atoms with Gasteiger partial charge in [0.1, 0.15) is 6.10 Å². The van der Waals surface area contributed by atoms with E-state index < -0.39 is 0 Å². The lowest BCUT2D eigenvalue weighted by Crippen LogP contribution is -2.23. The molecule has 0 aromatic carbocycles. The predicted molar refractivity (Wildman–Crippen MR) is 63.6 cm³/mol. The first-order valence-electron chi connectivity index (χ1n) is 6.29. The number of hydrogen-bond donors (Lipinski definition) is 1. The summed E-state index contributed by atoms with van der Waals surface area (Å²) in [5.41, 5.74) is 0. The van der Waals surface area contributed by atoms with Gasteiger partial charge in [-0.1, -0.05) is 19.0 Å². The van der Waals surface area contributed by atoms with Crippen LogP contribution in [0.3, 0.4) is 0 Å². The van der Waals surface area contributed by atoms with E-state index in [0.29, 0.717) is 23.7 Å². The molecule has 1 aliphatic heterocycles. The minimum absolute atomic E-state index is 0.0796. The van der Waals surface area contributed by atoms with Crippen molar-refractivity contribution in [2.45, 2.75) is 45.3 Å². The minimum atomic E-state index is -0.0796. The Labute approximate surface area is 102 Å². The molecule has 1 N–H and O–H groups in total. The van der Waals surface area contributed by atoms with Crippen LogP contribution in [0.1, 0.15) is 44.5 Å². The molecule has 0 spiro atoms. The van der Waals surface area contributed by atoms with Gasteiger partial charge in [0, 0.05) is 19.6 Å². The second-order valence-corrected chi connectivity index (χ2v) is 4.94. The zero-order valence-corrected chi connectivity index (χ0v) is 10.8. The standard InChI is InChI=1S/C12H21N3O2/c1-8(2)11(16-3)12-14-10(17-15-12)7-9-5-4-6-13-9/h8-9,11,13H,4-7H2,1-3H3. The molecule has 1 aromatic heterocycles. The smallest absolute Gasteiger partial charge is 0.228 e. The van der Waals surface area contributed by atoms with E-state index in [1.165, 1.54) is 12.8 Å². The Balaban J connectivity index is 1.99. The van der Waals surface area contributed by atoms with E-state index in [-0.39, 0.29) is 6.10 Å². The number of rotatable bonds is 5. The molecule has 5 nitrogen and oxygen atoms in total. The largest absolute Gasteiger partial charge is 0.373 e. The maximum Gasteiger partial charge on any atom is 0.228 e. The summed E-state index contributed by atoms with van der Waals surface area (Å²) in [5, 5.41) is 7.43. The van der Waals surface area contributed by atoms with Crippen molar-refractivity contribution < 1.29 is 9.26 Å². The third-order valence-corrected chi connectivity index (χ3v) is 3.18. The van der Waals surface area contributed by atoms with Crippen molar-refractivity contribution in [1.29, 1.82) is 0 Å². The summed E-state index contributed by atoms with van der Waals surface area (Å²) in [6, 6.07) is 0.489. The molecular formula is C12H21N3O2. The van der Waals surface area contributed by atoms with E-state index in [1.54, 1.807) is 7.11 Å². The summed E-state index contributed by atoms with van der Waals surface area (Å²) in [6.45, 7) is 5.27. The molecule has 0 amide bonds. The van der Waals surface area contributed by atoms with Crippen molar-refractivity contribution in [2.24, 2.45) is 5.92 Å². The number of methoxy groups -OCH3 is 1. The molecule has 2 heterocycles. The summed E-state index contributed by atoms with van der Waals surface area (Å²) in [4.78, 5) is 4.42. The van der Waals surface area contributed by atoms with Crippen molar-refractivity contribution in [3.63, 3.8) is 0 Å². The van der Waals surface area contributed by atoms with E-state index in [9.17, 15) is 0 Å². The number of hydrogen-bond acceptors (Lipinski definition) is 5. The summed E-state index contributed by atoms with van der Waals surface area (Å²) in [5.74, 6) is 1.72. The van der Waals surface area contributed by atoms with Gasteiger partial charge in [0.15, 0.2) is 0 Å². The van der Waals surface area contributed by atoms with Gasteiger partial charge in [-0.25, -0.2) is 0 Å². The topological polar surface area (TPSA) is 60.2 Å². The molecule has 1 fully saturated rings. The summed E-state index contributed by atoms with van der Waals surface area (Å²) < 4.78 is 10.7. The molecule has 96 valence electrons. The maximum atomic E-state index is 5.38. The van der Waals surface area contributed by atoms with Crippen LogP contribution in [0.5, 0.6) is 0 Å². The van der Waals surface area contributed by atoms with Crippen molar-refractivity contribution >= 4 is 0 Å². The Bertz CT molecular complexity index is 345. The Hall–Kier alpha value is -0.940. The normalized spacial score (nSPS) is 22.2. The van der Waals surface area contributed by atoms with Gasteiger partial charge in [-0.2, -0.15) is 4.98 Å². The van der Waals surface area contributed by atoms with Gasteiger partial charge in [0.2, 0.25) is 11.7 Å². The molecule has 2 unspecified atom stereocenters. The molecule has 0 aliphatic carbocycles. The first-order valence-corrected chi connectivity index (χ1v) is 6.29. The SMILES string of the molecule is COC(c1noc(CC2CCCN2)n1)C(C)C. The Kier molecular flexibility index (Phi) is 4.12. The van der Waals surface area contributed by atoms with Crippen LogP contribution in [0.25, 0.3) is 0 Å². The molecule has 2 atom stereocenters. The highest BCUT2D eigenvalue weighted by Crippen LogP contribution is 2.22. The van der Waals surface area contributed by atoms with Gasteiger partial charge < -0.3 is 14.6 Å². The summed E-state index contributed by atoms with van der Waals surface area (Å²) >= 11 is 0. The quantitative estimate of drug-likeness (QED) is 0.847. The van der Waals surface area contributed by atoms with Crippen LogP contribution in [0.15, 0.2) is 4.52 Å². The van der Waals surface area contributed by atoms with Crippen LogP contribution >= 0.6 is 0 Å². The minimum Gasteiger partial charge on any atom is -0.373 e. The predicted octanol–water partition coefficient (Wildman–Crippen LogP) is 1.71. The monoisotopic (exact) mass is 239 g/mol. The number of nitrogens with zero attached hydrogens (tertiary/aromatic N) is 2. The highest BCUT2D eigenvalue weighted by molar-refractivity contribution is 4.95. The summed E-state index contributed by atoms with van der Waals surface area (Å²) in [6.07, 6.45) is 3.17. The fraction of sp³-hybridized carbons (Fsp3) is 0.833. The number of ether oxygens (including phenoxy) is 1. The third kappa shape index (κ3) is 3.04. The van der Waals surface area contributed by atoms with Gasteiger partial charge >= 0.3 is 0 Å². The lowest BCUT2D eigenvalue weighted by Gasteiger charge is -2.14. The van der Waals surface area contributed by atoms with E-state index in [0.717, 1.165) is 13.0 Å². The number of aromatic nitrogens is 2. The lowest BCUT2D eigenvalue weighted by atomic mass is 10.1. The van der Waals surface area contributed by atoms with Crippen LogP contribution in [0, 0.1) is 5.92 Å². The summed E-state index contributed by atoms with van der Waals surface area (Å²) in [7, 11) is 1.68. The maximum absolute atomic E-state index is 5.38. The van der Waals surface area contributed by atoms with Gasteiger partial charge in [0.05, 0.1) is 0 Å². The molecule has 1 saturated heterocycles. The van der Waals surface area contributed by atoms with E-state index in [4.69, 9.17) is 9.26 Å². The average Bonchev–Trinajstić information content (AvgIpc) is 2.91. The van der Waals surface area contributed by atoms with Gasteiger partial charge in [-0.05, 0) is 25.3 Å². The molecule has 0 radical (unpaired) electrons. The van der Waals surface area contributed by atoms with Crippen molar-refractivity contribution in [1.82, 2.24) is 15.5 Å². The fourth-order valence-corrected chi connectivity index (χ4v) is 2.28. The Morgan fingerprint density at radius 3 is 2.94 bits per heavy atom. The molecule has 5 heteroatoms. The van der Waals surface area contributed by atoms with Crippen molar-refractivity contribution in [3.8, 4) is 0 Å². The zero-order chi connectivity index (χ0) is 12.3. The van der Waals surface area contributed by atoms with Crippen molar-refractivity contribution in [2.75, 3.05) is 13.7 Å². The number of nitrogens with one attached hydrogen (secondary N) is 1. The molecule has 1 aromatic rings. The Morgan fingerprint density at radius 2 is 2.35 bits per heavy atom. The second kappa shape index (κ2) is 5.60. The Morgan fingerprint density at radius 1 is 1.53 bits per heavy atom. The van der Waals surface area contributed by atoms with Gasteiger partial charge in [0.25, 0.3) is 0 Å². The molecule has 1 aliphatic rings. The lowest BCUT2D eigenvalue weighted by molar-refractivity contribution is 0.0555.